The summed E-state index contributed by atoms with van der Waals surface area (Å²) in [5.41, 5.74) is 6.11. The van der Waals surface area contributed by atoms with E-state index in [1.54, 1.807) is 6.07 Å². The van der Waals surface area contributed by atoms with E-state index in [0.29, 0.717) is 42.9 Å². The summed E-state index contributed by atoms with van der Waals surface area (Å²) in [5, 5.41) is 0.735. The van der Waals surface area contributed by atoms with Gasteiger partial charge in [-0.3, -0.25) is 4.90 Å². The van der Waals surface area contributed by atoms with Gasteiger partial charge >= 0.3 is 6.01 Å². The molecule has 0 amide bonds. The van der Waals surface area contributed by atoms with Crippen LogP contribution in [0.4, 0.5) is 24.1 Å². The van der Waals surface area contributed by atoms with E-state index in [0.717, 1.165) is 43.6 Å². The van der Waals surface area contributed by atoms with Crippen LogP contribution in [0.2, 0.25) is 5.02 Å². The molecule has 3 saturated heterocycles. The van der Waals surface area contributed by atoms with Gasteiger partial charge in [0.1, 0.15) is 29.9 Å². The molecular weight excluding hydrogens is 589 g/mol. The molecule has 1 saturated carbocycles. The Kier molecular flexibility index (Phi) is 6.22. The van der Waals surface area contributed by atoms with Crippen molar-refractivity contribution in [3.8, 4) is 17.1 Å². The number of halogens is 4. The van der Waals surface area contributed by atoms with Crippen molar-refractivity contribution >= 4 is 55.0 Å². The van der Waals surface area contributed by atoms with Crippen molar-refractivity contribution in [2.75, 3.05) is 43.5 Å². The van der Waals surface area contributed by atoms with Crippen LogP contribution in [-0.4, -0.2) is 76.6 Å². The Morgan fingerprint density at radius 1 is 1.17 bits per heavy atom. The highest BCUT2D eigenvalue weighted by Crippen LogP contribution is 2.45. The number of hydrogen-bond acceptors (Lipinski definition) is 9. The molecule has 0 bridgehead atoms. The second-order valence-corrected chi connectivity index (χ2v) is 13.2. The molecule has 2 N–H and O–H groups in total. The molecule has 5 heterocycles. The molecule has 42 heavy (non-hydrogen) atoms. The van der Waals surface area contributed by atoms with Crippen LogP contribution in [-0.2, 0) is 4.74 Å². The van der Waals surface area contributed by atoms with Gasteiger partial charge in [0, 0.05) is 42.6 Å². The van der Waals surface area contributed by atoms with Gasteiger partial charge in [-0.2, -0.15) is 9.97 Å². The van der Waals surface area contributed by atoms with Crippen LogP contribution in [0, 0.1) is 11.6 Å². The molecule has 220 valence electrons. The number of aromatic nitrogens is 3. The second-order valence-electron chi connectivity index (χ2n) is 11.7. The summed E-state index contributed by atoms with van der Waals surface area (Å²) >= 11 is 7.77. The number of alkyl halides is 1. The average Bonchev–Trinajstić information content (AvgIpc) is 3.36. The molecule has 4 aliphatic rings. The van der Waals surface area contributed by atoms with E-state index in [4.69, 9.17) is 31.8 Å². The number of anilines is 2. The van der Waals surface area contributed by atoms with Crippen molar-refractivity contribution in [3.63, 3.8) is 0 Å². The fourth-order valence-corrected chi connectivity index (χ4v) is 8.15. The van der Waals surface area contributed by atoms with Crippen molar-refractivity contribution in [3.05, 3.63) is 34.9 Å². The lowest BCUT2D eigenvalue weighted by atomic mass is 9.95. The van der Waals surface area contributed by atoms with E-state index in [1.165, 1.54) is 12.1 Å². The fourth-order valence-electron chi connectivity index (χ4n) is 7.10. The second kappa shape index (κ2) is 9.80. The minimum absolute atomic E-state index is 0.0257. The Bertz CT molecular complexity index is 1740. The van der Waals surface area contributed by atoms with Gasteiger partial charge in [0.25, 0.3) is 0 Å². The lowest BCUT2D eigenvalue weighted by Gasteiger charge is -2.31. The molecule has 4 fully saturated rings. The summed E-state index contributed by atoms with van der Waals surface area (Å²) in [5.74, 6) is -0.655. The topological polar surface area (TPSA) is 89.6 Å². The Morgan fingerprint density at radius 2 is 2.05 bits per heavy atom. The molecule has 2 unspecified atom stereocenters. The first kappa shape index (κ1) is 26.7. The predicted octanol–water partition coefficient (Wildman–Crippen LogP) is 5.74. The first-order valence-corrected chi connectivity index (χ1v) is 15.5. The van der Waals surface area contributed by atoms with Gasteiger partial charge in [-0.25, -0.2) is 18.2 Å². The van der Waals surface area contributed by atoms with Gasteiger partial charge in [0.2, 0.25) is 0 Å². The summed E-state index contributed by atoms with van der Waals surface area (Å²) in [4.78, 5) is 17.9. The maximum absolute atomic E-state index is 16.7. The summed E-state index contributed by atoms with van der Waals surface area (Å²) in [6, 6.07) is 4.50. The molecule has 13 heteroatoms. The maximum atomic E-state index is 16.7. The van der Waals surface area contributed by atoms with E-state index in [1.807, 2.05) is 0 Å². The van der Waals surface area contributed by atoms with E-state index < -0.39 is 23.3 Å². The number of fused-ring (bicyclic) bond motifs is 4. The SMILES string of the molecule is Nc1nc2c(-c3c(Cl)cc4c(N5CCCOC6CC65)nc(OC[C@@]56CCCN5C[C@H](F)C6)nc4c3F)ccc(F)c2s1. The highest BCUT2D eigenvalue weighted by molar-refractivity contribution is 7.22. The third kappa shape index (κ3) is 4.21. The molecule has 8 rings (SSSR count). The maximum Gasteiger partial charge on any atom is 0.319 e. The van der Waals surface area contributed by atoms with Crippen molar-refractivity contribution < 1.29 is 22.6 Å². The van der Waals surface area contributed by atoms with Gasteiger partial charge in [0.05, 0.1) is 32.9 Å². The highest BCUT2D eigenvalue weighted by Gasteiger charge is 2.50. The number of rotatable bonds is 5. The Hall–Kier alpha value is -2.93. The standard InChI is InChI=1S/C29H28ClF3N6O2S/c30-17-9-16-23(22(33)21(17)15-3-4-18(32)25-24(15)35-27(34)42-25)36-28(37-26(16)39-7-2-8-40-20-10-19(20)39)41-13-29-5-1-6-38(29)12-14(31)11-29/h3-4,9,14,19-20H,1-2,5-8,10-13H2,(H2,34,35)/t14-,19?,20?,29+/m1/s1. The Labute approximate surface area is 248 Å². The third-order valence-corrected chi connectivity index (χ3v) is 10.3. The molecular formula is C29H28ClF3N6O2S. The van der Waals surface area contributed by atoms with Crippen LogP contribution < -0.4 is 15.4 Å². The molecule has 0 spiro atoms. The van der Waals surface area contributed by atoms with E-state index in [-0.39, 0.29) is 56.2 Å². The van der Waals surface area contributed by atoms with Crippen molar-refractivity contribution in [1.29, 1.82) is 0 Å². The summed E-state index contributed by atoms with van der Waals surface area (Å²) in [7, 11) is 0. The van der Waals surface area contributed by atoms with Crippen LogP contribution in [0.5, 0.6) is 6.01 Å². The first-order valence-electron chi connectivity index (χ1n) is 14.3. The number of nitrogen functional groups attached to an aromatic ring is 1. The van der Waals surface area contributed by atoms with Crippen LogP contribution in [0.25, 0.3) is 32.2 Å². The number of nitrogens with two attached hydrogens (primary N) is 1. The number of hydrogen-bond donors (Lipinski definition) is 1. The normalized spacial score (nSPS) is 27.4. The molecule has 1 aliphatic carbocycles. The van der Waals surface area contributed by atoms with Gasteiger partial charge in [0.15, 0.2) is 10.9 Å². The number of ether oxygens (including phenoxy) is 2. The zero-order valence-corrected chi connectivity index (χ0v) is 24.2. The predicted molar refractivity (Wildman–Crippen MR) is 156 cm³/mol. The molecule has 4 aromatic rings. The first-order chi connectivity index (χ1) is 20.3. The largest absolute Gasteiger partial charge is 0.461 e. The molecule has 2 aromatic carbocycles. The van der Waals surface area contributed by atoms with Gasteiger partial charge in [-0.05, 0) is 50.4 Å². The van der Waals surface area contributed by atoms with Gasteiger partial charge in [-0.1, -0.05) is 22.9 Å². The molecule has 8 nitrogen and oxygen atoms in total. The summed E-state index contributed by atoms with van der Waals surface area (Å²) in [6.45, 7) is 2.75. The van der Waals surface area contributed by atoms with Gasteiger partial charge < -0.3 is 20.1 Å². The lowest BCUT2D eigenvalue weighted by molar-refractivity contribution is 0.107. The van der Waals surface area contributed by atoms with Crippen molar-refractivity contribution in [1.82, 2.24) is 19.9 Å². The third-order valence-electron chi connectivity index (χ3n) is 9.10. The van der Waals surface area contributed by atoms with Crippen LogP contribution in [0.1, 0.15) is 32.1 Å². The van der Waals surface area contributed by atoms with E-state index >= 15 is 4.39 Å². The van der Waals surface area contributed by atoms with Gasteiger partial charge in [-0.15, -0.1) is 0 Å². The molecule has 0 radical (unpaired) electrons. The number of thiazole rings is 1. The summed E-state index contributed by atoms with van der Waals surface area (Å²) < 4.78 is 58.0. The van der Waals surface area contributed by atoms with Crippen LogP contribution in [0.15, 0.2) is 18.2 Å². The van der Waals surface area contributed by atoms with E-state index in [2.05, 4.69) is 19.8 Å². The average molecular weight is 617 g/mol. The highest BCUT2D eigenvalue weighted by atomic mass is 35.5. The minimum Gasteiger partial charge on any atom is -0.461 e. The van der Waals surface area contributed by atoms with Crippen molar-refractivity contribution in [2.24, 2.45) is 0 Å². The van der Waals surface area contributed by atoms with Crippen LogP contribution in [0.3, 0.4) is 0 Å². The zero-order valence-electron chi connectivity index (χ0n) is 22.6. The zero-order chi connectivity index (χ0) is 28.7. The summed E-state index contributed by atoms with van der Waals surface area (Å²) in [6.07, 6.45) is 3.03. The Balaban J connectivity index is 1.27. The fraction of sp³-hybridized carbons (Fsp3) is 0.483. The van der Waals surface area contributed by atoms with E-state index in [9.17, 15) is 8.78 Å². The monoisotopic (exact) mass is 616 g/mol. The molecule has 3 aliphatic heterocycles. The lowest BCUT2D eigenvalue weighted by Crippen LogP contribution is -2.43. The van der Waals surface area contributed by atoms with Crippen LogP contribution >= 0.6 is 22.9 Å². The number of benzene rings is 2. The number of nitrogens with zero attached hydrogens (tertiary/aromatic N) is 5. The van der Waals surface area contributed by atoms with Crippen molar-refractivity contribution in [2.45, 2.75) is 56.0 Å². The minimum atomic E-state index is -0.902. The quantitative estimate of drug-likeness (QED) is 0.304. The molecule has 4 atom stereocenters. The smallest absolute Gasteiger partial charge is 0.319 e. The molecule has 2 aromatic heterocycles. The Morgan fingerprint density at radius 3 is 2.93 bits per heavy atom.